The smallest absolute Gasteiger partial charge is 0.0854 e. The number of thiophene rings is 1. The van der Waals surface area contributed by atoms with Crippen molar-refractivity contribution in [3.63, 3.8) is 0 Å². The standard InChI is InChI=1S/C6H7BrOS/c1-4(8)5-2-3-6(7)9-5/h2-4,8H,1H3. The van der Waals surface area contributed by atoms with Crippen LogP contribution < -0.4 is 0 Å². The summed E-state index contributed by atoms with van der Waals surface area (Å²) in [6.07, 6.45) is -0.332. The third-order valence-corrected chi connectivity index (χ3v) is 2.80. The second-order valence-electron chi connectivity index (χ2n) is 1.82. The maximum atomic E-state index is 9.03. The van der Waals surface area contributed by atoms with Gasteiger partial charge in [-0.05, 0) is 35.0 Å². The highest BCUT2D eigenvalue weighted by molar-refractivity contribution is 9.11. The Hall–Kier alpha value is 0.140. The fourth-order valence-corrected chi connectivity index (χ4v) is 1.91. The highest BCUT2D eigenvalue weighted by atomic mass is 79.9. The minimum Gasteiger partial charge on any atom is -0.388 e. The molecule has 0 aliphatic heterocycles. The Morgan fingerprint density at radius 2 is 2.33 bits per heavy atom. The molecule has 0 spiro atoms. The summed E-state index contributed by atoms with van der Waals surface area (Å²) < 4.78 is 1.07. The molecule has 0 saturated carbocycles. The summed E-state index contributed by atoms with van der Waals surface area (Å²) in [5.74, 6) is 0. The fourth-order valence-electron chi connectivity index (χ4n) is 0.553. The summed E-state index contributed by atoms with van der Waals surface area (Å²) in [4.78, 5) is 1.00. The summed E-state index contributed by atoms with van der Waals surface area (Å²) in [5.41, 5.74) is 0. The number of aliphatic hydroxyl groups is 1. The van der Waals surface area contributed by atoms with E-state index in [1.165, 1.54) is 0 Å². The van der Waals surface area contributed by atoms with E-state index >= 15 is 0 Å². The number of hydrogen-bond donors (Lipinski definition) is 1. The average molecular weight is 207 g/mol. The minimum atomic E-state index is -0.332. The van der Waals surface area contributed by atoms with Crippen LogP contribution in [-0.2, 0) is 0 Å². The lowest BCUT2D eigenvalue weighted by Gasteiger charge is -1.95. The van der Waals surface area contributed by atoms with Crippen molar-refractivity contribution in [2.24, 2.45) is 0 Å². The highest BCUT2D eigenvalue weighted by Crippen LogP contribution is 2.26. The molecular formula is C6H7BrOS. The van der Waals surface area contributed by atoms with Crippen LogP contribution in [0.3, 0.4) is 0 Å². The van der Waals surface area contributed by atoms with Gasteiger partial charge in [-0.2, -0.15) is 0 Å². The van der Waals surface area contributed by atoms with Crippen molar-refractivity contribution in [1.29, 1.82) is 0 Å². The zero-order valence-electron chi connectivity index (χ0n) is 4.97. The minimum absolute atomic E-state index is 0.332. The third-order valence-electron chi connectivity index (χ3n) is 1.01. The normalized spacial score (nSPS) is 13.7. The van der Waals surface area contributed by atoms with Crippen LogP contribution in [0.1, 0.15) is 17.9 Å². The highest BCUT2D eigenvalue weighted by Gasteiger charge is 2.01. The molecule has 0 bridgehead atoms. The van der Waals surface area contributed by atoms with Crippen LogP contribution in [0.2, 0.25) is 0 Å². The molecule has 0 aliphatic rings. The molecule has 0 aliphatic carbocycles. The molecule has 50 valence electrons. The van der Waals surface area contributed by atoms with E-state index in [0.717, 1.165) is 8.66 Å². The molecule has 9 heavy (non-hydrogen) atoms. The first-order valence-electron chi connectivity index (χ1n) is 2.63. The van der Waals surface area contributed by atoms with Gasteiger partial charge in [0.15, 0.2) is 0 Å². The first-order valence-corrected chi connectivity index (χ1v) is 4.24. The molecule has 0 radical (unpaired) electrons. The first-order chi connectivity index (χ1) is 4.20. The van der Waals surface area contributed by atoms with Crippen molar-refractivity contribution in [3.8, 4) is 0 Å². The number of rotatable bonds is 1. The lowest BCUT2D eigenvalue weighted by molar-refractivity contribution is 0.203. The largest absolute Gasteiger partial charge is 0.388 e. The third kappa shape index (κ3) is 1.78. The maximum Gasteiger partial charge on any atom is 0.0854 e. The molecule has 0 aromatic carbocycles. The molecule has 0 fully saturated rings. The quantitative estimate of drug-likeness (QED) is 0.750. The molecule has 0 amide bonds. The van der Waals surface area contributed by atoms with Crippen LogP contribution in [0.5, 0.6) is 0 Å². The summed E-state index contributed by atoms with van der Waals surface area (Å²) in [5, 5.41) is 9.03. The van der Waals surface area contributed by atoms with Crippen molar-refractivity contribution in [2.75, 3.05) is 0 Å². The van der Waals surface area contributed by atoms with Gasteiger partial charge in [-0.3, -0.25) is 0 Å². The fraction of sp³-hybridized carbons (Fsp3) is 0.333. The molecule has 1 rings (SSSR count). The van der Waals surface area contributed by atoms with Crippen molar-refractivity contribution in [2.45, 2.75) is 13.0 Å². The van der Waals surface area contributed by atoms with E-state index in [4.69, 9.17) is 5.11 Å². The Morgan fingerprint density at radius 1 is 1.67 bits per heavy atom. The van der Waals surface area contributed by atoms with Gasteiger partial charge in [-0.1, -0.05) is 0 Å². The van der Waals surface area contributed by atoms with E-state index in [0.29, 0.717) is 0 Å². The first kappa shape index (κ1) is 7.25. The molecule has 3 heteroatoms. The molecular weight excluding hydrogens is 200 g/mol. The van der Waals surface area contributed by atoms with Gasteiger partial charge in [-0.15, -0.1) is 11.3 Å². The van der Waals surface area contributed by atoms with E-state index in [1.807, 2.05) is 12.1 Å². The molecule has 1 atom stereocenters. The summed E-state index contributed by atoms with van der Waals surface area (Å²) in [6.45, 7) is 1.76. The topological polar surface area (TPSA) is 20.2 Å². The Bertz CT molecular complexity index is 195. The van der Waals surface area contributed by atoms with E-state index in [9.17, 15) is 0 Å². The van der Waals surface area contributed by atoms with Crippen molar-refractivity contribution in [3.05, 3.63) is 20.8 Å². The van der Waals surface area contributed by atoms with Gasteiger partial charge in [0.05, 0.1) is 9.89 Å². The lowest BCUT2D eigenvalue weighted by atomic mass is 10.3. The average Bonchev–Trinajstić information content (AvgIpc) is 2.14. The van der Waals surface area contributed by atoms with Crippen LogP contribution in [0.25, 0.3) is 0 Å². The van der Waals surface area contributed by atoms with Gasteiger partial charge in [0, 0.05) is 4.88 Å². The van der Waals surface area contributed by atoms with Crippen LogP contribution in [0.15, 0.2) is 15.9 Å². The molecule has 1 aromatic rings. The Balaban J connectivity index is 2.85. The van der Waals surface area contributed by atoms with Crippen LogP contribution in [0.4, 0.5) is 0 Å². The number of aliphatic hydroxyl groups excluding tert-OH is 1. The number of hydrogen-bond acceptors (Lipinski definition) is 2. The monoisotopic (exact) mass is 206 g/mol. The Labute approximate surface area is 66.5 Å². The Morgan fingerprint density at radius 3 is 2.56 bits per heavy atom. The molecule has 1 nitrogen and oxygen atoms in total. The van der Waals surface area contributed by atoms with E-state index in [-0.39, 0.29) is 6.10 Å². The van der Waals surface area contributed by atoms with Gasteiger partial charge in [0.1, 0.15) is 0 Å². The van der Waals surface area contributed by atoms with Gasteiger partial charge < -0.3 is 5.11 Å². The van der Waals surface area contributed by atoms with Crippen molar-refractivity contribution < 1.29 is 5.11 Å². The van der Waals surface area contributed by atoms with Gasteiger partial charge in [0.25, 0.3) is 0 Å². The van der Waals surface area contributed by atoms with E-state index < -0.39 is 0 Å². The van der Waals surface area contributed by atoms with Gasteiger partial charge >= 0.3 is 0 Å². The summed E-state index contributed by atoms with van der Waals surface area (Å²) in [6, 6.07) is 3.85. The van der Waals surface area contributed by atoms with Gasteiger partial charge in [0.2, 0.25) is 0 Å². The lowest BCUT2D eigenvalue weighted by Crippen LogP contribution is -1.82. The Kier molecular flexibility index (Phi) is 2.27. The van der Waals surface area contributed by atoms with E-state index in [2.05, 4.69) is 15.9 Å². The second-order valence-corrected chi connectivity index (χ2v) is 4.31. The van der Waals surface area contributed by atoms with Crippen LogP contribution in [0, 0.1) is 0 Å². The molecule has 1 aromatic heterocycles. The van der Waals surface area contributed by atoms with Crippen molar-refractivity contribution >= 4 is 27.3 Å². The summed E-state index contributed by atoms with van der Waals surface area (Å²) >= 11 is 4.87. The zero-order chi connectivity index (χ0) is 6.85. The van der Waals surface area contributed by atoms with Crippen LogP contribution in [-0.4, -0.2) is 5.11 Å². The van der Waals surface area contributed by atoms with Crippen LogP contribution >= 0.6 is 27.3 Å². The summed E-state index contributed by atoms with van der Waals surface area (Å²) in [7, 11) is 0. The molecule has 0 saturated heterocycles. The number of halogens is 1. The second kappa shape index (κ2) is 2.82. The molecule has 1 unspecified atom stereocenters. The zero-order valence-corrected chi connectivity index (χ0v) is 7.37. The predicted octanol–water partition coefficient (Wildman–Crippen LogP) is 2.56. The molecule has 1 N–H and O–H groups in total. The van der Waals surface area contributed by atoms with Gasteiger partial charge in [-0.25, -0.2) is 0 Å². The maximum absolute atomic E-state index is 9.03. The van der Waals surface area contributed by atoms with Crippen molar-refractivity contribution in [1.82, 2.24) is 0 Å². The van der Waals surface area contributed by atoms with E-state index in [1.54, 1.807) is 18.3 Å². The predicted molar refractivity (Wildman–Crippen MR) is 42.7 cm³/mol. The SMILES string of the molecule is CC(O)c1ccc(Br)s1. The molecule has 1 heterocycles.